The van der Waals surface area contributed by atoms with Crippen molar-refractivity contribution < 1.29 is 0 Å². The van der Waals surface area contributed by atoms with Gasteiger partial charge in [0.1, 0.15) is 5.82 Å². The van der Waals surface area contributed by atoms with Crippen molar-refractivity contribution in [1.82, 2.24) is 25.2 Å². The molecule has 1 aliphatic rings. The lowest BCUT2D eigenvalue weighted by Crippen LogP contribution is -2.43. The summed E-state index contributed by atoms with van der Waals surface area (Å²) < 4.78 is 2.39. The van der Waals surface area contributed by atoms with Gasteiger partial charge in [-0.2, -0.15) is 11.8 Å². The normalized spacial score (nSPS) is 21.3. The highest BCUT2D eigenvalue weighted by molar-refractivity contribution is 8.00. The molecule has 24 heavy (non-hydrogen) atoms. The fourth-order valence-electron chi connectivity index (χ4n) is 2.98. The number of hydrogen-bond acceptors (Lipinski definition) is 4. The number of guanidine groups is 1. The highest BCUT2D eigenvalue weighted by Crippen LogP contribution is 2.36. The third-order valence-electron chi connectivity index (χ3n) is 4.41. The first kappa shape index (κ1) is 17.1. The lowest BCUT2D eigenvalue weighted by Gasteiger charge is -2.24. The molecular weight excluding hydrogens is 320 g/mol. The Bertz CT molecular complexity index is 689. The van der Waals surface area contributed by atoms with Crippen molar-refractivity contribution in [3.05, 3.63) is 30.2 Å². The molecule has 7 heteroatoms. The van der Waals surface area contributed by atoms with Crippen LogP contribution in [0.3, 0.4) is 0 Å². The van der Waals surface area contributed by atoms with Crippen molar-refractivity contribution in [1.29, 1.82) is 0 Å². The van der Waals surface area contributed by atoms with E-state index in [1.165, 1.54) is 18.6 Å². The number of hydrogen-bond donors (Lipinski definition) is 2. The first-order valence-corrected chi connectivity index (χ1v) is 9.56. The van der Waals surface area contributed by atoms with Gasteiger partial charge in [0.15, 0.2) is 11.6 Å². The summed E-state index contributed by atoms with van der Waals surface area (Å²) in [5.41, 5.74) is 0.903. The summed E-state index contributed by atoms with van der Waals surface area (Å²) in [6.07, 6.45) is 6.49. The summed E-state index contributed by atoms with van der Waals surface area (Å²) in [5, 5.41) is 15.3. The van der Waals surface area contributed by atoms with Crippen LogP contribution in [0.15, 0.2) is 29.4 Å². The molecule has 0 saturated carbocycles. The molecule has 3 rings (SSSR count). The molecule has 1 fully saturated rings. The summed E-state index contributed by atoms with van der Waals surface area (Å²) in [6, 6.07) is 5.96. The summed E-state index contributed by atoms with van der Waals surface area (Å²) in [7, 11) is 1.82. The molecule has 2 aromatic rings. The van der Waals surface area contributed by atoms with Crippen LogP contribution in [-0.2, 0) is 6.42 Å². The number of aryl methyl sites for hydroxylation is 1. The van der Waals surface area contributed by atoms with Gasteiger partial charge in [0.2, 0.25) is 0 Å². The van der Waals surface area contributed by atoms with Gasteiger partial charge in [0.25, 0.3) is 0 Å². The maximum Gasteiger partial charge on any atom is 0.191 e. The molecule has 0 aromatic carbocycles. The lowest BCUT2D eigenvalue weighted by atomic mass is 10.1. The molecule has 130 valence electrons. The summed E-state index contributed by atoms with van der Waals surface area (Å²) in [5.74, 6) is 3.16. The van der Waals surface area contributed by atoms with E-state index in [0.717, 1.165) is 43.4 Å². The molecule has 1 unspecified atom stereocenters. The van der Waals surface area contributed by atoms with E-state index >= 15 is 0 Å². The van der Waals surface area contributed by atoms with Crippen LogP contribution < -0.4 is 10.6 Å². The second kappa shape index (κ2) is 7.88. The Balaban J connectivity index is 1.41. The van der Waals surface area contributed by atoms with Gasteiger partial charge in [-0.05, 0) is 44.1 Å². The van der Waals surface area contributed by atoms with Crippen LogP contribution in [0.4, 0.5) is 0 Å². The Hall–Kier alpha value is -1.76. The van der Waals surface area contributed by atoms with Crippen molar-refractivity contribution in [3.8, 4) is 0 Å². The summed E-state index contributed by atoms with van der Waals surface area (Å²) >= 11 is 2.06. The number of nitrogens with zero attached hydrogens (tertiary/aromatic N) is 4. The van der Waals surface area contributed by atoms with Crippen LogP contribution in [0.2, 0.25) is 0 Å². The lowest BCUT2D eigenvalue weighted by molar-refractivity contribution is 0.583. The molecule has 0 radical (unpaired) electrons. The van der Waals surface area contributed by atoms with Gasteiger partial charge in [-0.1, -0.05) is 6.07 Å². The average Bonchev–Trinajstić information content (AvgIpc) is 3.21. The number of nitrogens with one attached hydrogen (secondary N) is 2. The van der Waals surface area contributed by atoms with E-state index in [1.54, 1.807) is 0 Å². The first-order chi connectivity index (χ1) is 11.7. The minimum absolute atomic E-state index is 0.345. The SMILES string of the molecule is CN=C(NCCCc1nnc2ccccn12)NCC1(C)CCCS1. The predicted octanol–water partition coefficient (Wildman–Crippen LogP) is 2.11. The zero-order valence-electron chi connectivity index (χ0n) is 14.5. The van der Waals surface area contributed by atoms with Gasteiger partial charge in [-0.15, -0.1) is 10.2 Å². The van der Waals surface area contributed by atoms with Crippen molar-refractivity contribution in [2.75, 3.05) is 25.9 Å². The summed E-state index contributed by atoms with van der Waals surface area (Å²) in [4.78, 5) is 4.32. The van der Waals surface area contributed by atoms with Crippen LogP contribution in [0.25, 0.3) is 5.65 Å². The monoisotopic (exact) mass is 346 g/mol. The molecular formula is C17H26N6S. The number of aromatic nitrogens is 3. The number of thioether (sulfide) groups is 1. The van der Waals surface area contributed by atoms with Crippen LogP contribution >= 0.6 is 11.8 Å². The number of pyridine rings is 1. The fraction of sp³-hybridized carbons (Fsp3) is 0.588. The smallest absolute Gasteiger partial charge is 0.191 e. The second-order valence-electron chi connectivity index (χ2n) is 6.40. The summed E-state index contributed by atoms with van der Waals surface area (Å²) in [6.45, 7) is 4.17. The first-order valence-electron chi connectivity index (χ1n) is 8.57. The van der Waals surface area contributed by atoms with E-state index in [2.05, 4.69) is 44.5 Å². The fourth-order valence-corrected chi connectivity index (χ4v) is 4.23. The Labute approximate surface area is 147 Å². The van der Waals surface area contributed by atoms with Crippen molar-refractivity contribution in [2.45, 2.75) is 37.4 Å². The van der Waals surface area contributed by atoms with E-state index in [1.807, 2.05) is 35.8 Å². The largest absolute Gasteiger partial charge is 0.356 e. The predicted molar refractivity (Wildman–Crippen MR) is 101 cm³/mol. The van der Waals surface area contributed by atoms with Crippen LogP contribution in [-0.4, -0.2) is 51.2 Å². The third kappa shape index (κ3) is 4.20. The third-order valence-corrected chi connectivity index (χ3v) is 5.95. The topological polar surface area (TPSA) is 66.6 Å². The molecule has 2 aromatic heterocycles. The van der Waals surface area contributed by atoms with E-state index < -0.39 is 0 Å². The minimum Gasteiger partial charge on any atom is -0.356 e. The number of fused-ring (bicyclic) bond motifs is 1. The Morgan fingerprint density at radius 3 is 3.08 bits per heavy atom. The molecule has 1 saturated heterocycles. The number of rotatable bonds is 6. The van der Waals surface area contributed by atoms with Gasteiger partial charge in [-0.3, -0.25) is 9.39 Å². The zero-order chi connectivity index (χ0) is 16.8. The molecule has 3 heterocycles. The van der Waals surface area contributed by atoms with Crippen molar-refractivity contribution in [2.24, 2.45) is 4.99 Å². The van der Waals surface area contributed by atoms with Gasteiger partial charge in [-0.25, -0.2) is 0 Å². The molecule has 0 amide bonds. The van der Waals surface area contributed by atoms with Crippen LogP contribution in [0.5, 0.6) is 0 Å². The van der Waals surface area contributed by atoms with Crippen LogP contribution in [0.1, 0.15) is 32.0 Å². The van der Waals surface area contributed by atoms with Crippen molar-refractivity contribution >= 4 is 23.4 Å². The highest BCUT2D eigenvalue weighted by Gasteiger charge is 2.29. The molecule has 6 nitrogen and oxygen atoms in total. The Morgan fingerprint density at radius 2 is 2.29 bits per heavy atom. The quantitative estimate of drug-likeness (QED) is 0.476. The molecule has 1 atom stereocenters. The van der Waals surface area contributed by atoms with Gasteiger partial charge in [0, 0.05) is 37.5 Å². The molecule has 0 bridgehead atoms. The van der Waals surface area contributed by atoms with Crippen LogP contribution in [0, 0.1) is 0 Å². The van der Waals surface area contributed by atoms with Gasteiger partial charge in [0.05, 0.1) is 0 Å². The Morgan fingerprint density at radius 1 is 1.38 bits per heavy atom. The molecule has 1 aliphatic heterocycles. The second-order valence-corrected chi connectivity index (χ2v) is 8.09. The van der Waals surface area contributed by atoms with E-state index in [9.17, 15) is 0 Å². The molecule has 0 aliphatic carbocycles. The zero-order valence-corrected chi connectivity index (χ0v) is 15.3. The maximum atomic E-state index is 4.32. The maximum absolute atomic E-state index is 4.32. The van der Waals surface area contributed by atoms with E-state index in [-0.39, 0.29) is 0 Å². The molecule has 0 spiro atoms. The molecule has 2 N–H and O–H groups in total. The number of aliphatic imine (C=N–C) groups is 1. The highest BCUT2D eigenvalue weighted by atomic mass is 32.2. The standard InChI is InChI=1S/C17H26N6S/c1-17(9-6-12-24-17)13-20-16(18-2)19-10-5-8-15-22-21-14-7-3-4-11-23(14)15/h3-4,7,11H,5-6,8-10,12-13H2,1-2H3,(H2,18,19,20). The minimum atomic E-state index is 0.345. The average molecular weight is 347 g/mol. The van der Waals surface area contributed by atoms with Crippen molar-refractivity contribution in [3.63, 3.8) is 0 Å². The van der Waals surface area contributed by atoms with Gasteiger partial charge >= 0.3 is 0 Å². The van der Waals surface area contributed by atoms with Gasteiger partial charge < -0.3 is 10.6 Å². The Kier molecular flexibility index (Phi) is 5.60. The van der Waals surface area contributed by atoms with E-state index in [0.29, 0.717) is 4.75 Å². The van der Waals surface area contributed by atoms with E-state index in [4.69, 9.17) is 0 Å².